The second-order valence-corrected chi connectivity index (χ2v) is 2.96. The van der Waals surface area contributed by atoms with Gasteiger partial charge in [0.15, 0.2) is 0 Å². The number of rotatable bonds is 2. The summed E-state index contributed by atoms with van der Waals surface area (Å²) in [4.78, 5) is 19.1. The lowest BCUT2D eigenvalue weighted by molar-refractivity contribution is 0.0545. The fourth-order valence-electron chi connectivity index (χ4n) is 1.17. The van der Waals surface area contributed by atoms with Crippen LogP contribution in [0.4, 0.5) is 0 Å². The fourth-order valence-corrected chi connectivity index (χ4v) is 1.17. The van der Waals surface area contributed by atoms with E-state index < -0.39 is 5.97 Å². The highest BCUT2D eigenvalue weighted by Crippen LogP contribution is 2.10. The van der Waals surface area contributed by atoms with E-state index in [0.29, 0.717) is 25.4 Å². The molecule has 0 unspecified atom stereocenters. The summed E-state index contributed by atoms with van der Waals surface area (Å²) in [6.07, 6.45) is 5.35. The van der Waals surface area contributed by atoms with E-state index in [1.165, 1.54) is 12.4 Å². The first-order valence-electron chi connectivity index (χ1n) is 4.62. The number of hydrogen-bond acceptors (Lipinski definition) is 5. The predicted octanol–water partition coefficient (Wildman–Crippen LogP) is 0.938. The highest BCUT2D eigenvalue weighted by atomic mass is 16.5. The molecule has 1 aromatic heterocycles. The van der Waals surface area contributed by atoms with Crippen LogP contribution in [0.25, 0.3) is 0 Å². The molecule has 5 heteroatoms. The fraction of sp³-hybridized carbons (Fsp3) is 0.300. The Morgan fingerprint density at radius 2 is 2.20 bits per heavy atom. The summed E-state index contributed by atoms with van der Waals surface area (Å²) in [5.41, 5.74) is 0. The van der Waals surface area contributed by atoms with Crippen molar-refractivity contribution in [1.82, 2.24) is 9.97 Å². The Morgan fingerprint density at radius 3 is 2.87 bits per heavy atom. The molecule has 0 radical (unpaired) electrons. The molecule has 5 nitrogen and oxygen atoms in total. The van der Waals surface area contributed by atoms with Crippen LogP contribution in [0.1, 0.15) is 17.0 Å². The molecule has 0 spiro atoms. The van der Waals surface area contributed by atoms with E-state index in [2.05, 4.69) is 9.97 Å². The van der Waals surface area contributed by atoms with Crippen LogP contribution < -0.4 is 0 Å². The van der Waals surface area contributed by atoms with Crippen LogP contribution in [0.2, 0.25) is 0 Å². The van der Waals surface area contributed by atoms with E-state index in [4.69, 9.17) is 9.47 Å². The first-order chi connectivity index (χ1) is 7.36. The molecule has 2 heterocycles. The number of hydrogen-bond donors (Lipinski definition) is 0. The minimum atomic E-state index is -0.524. The van der Waals surface area contributed by atoms with Crippen molar-refractivity contribution in [1.29, 1.82) is 0 Å². The third kappa shape index (κ3) is 2.60. The van der Waals surface area contributed by atoms with Crippen LogP contribution in [0, 0.1) is 0 Å². The van der Waals surface area contributed by atoms with Gasteiger partial charge in [0, 0.05) is 18.8 Å². The van der Waals surface area contributed by atoms with Gasteiger partial charge >= 0.3 is 5.97 Å². The van der Waals surface area contributed by atoms with Crippen LogP contribution in [0.3, 0.4) is 0 Å². The van der Waals surface area contributed by atoms with Crippen LogP contribution in [0.15, 0.2) is 30.3 Å². The third-order valence-electron chi connectivity index (χ3n) is 1.89. The molecule has 0 aliphatic carbocycles. The van der Waals surface area contributed by atoms with Crippen LogP contribution in [0.5, 0.6) is 0 Å². The number of aromatic nitrogens is 2. The molecule has 2 rings (SSSR count). The summed E-state index contributed by atoms with van der Waals surface area (Å²) >= 11 is 0. The van der Waals surface area contributed by atoms with Crippen molar-refractivity contribution in [3.05, 3.63) is 36.1 Å². The van der Waals surface area contributed by atoms with Gasteiger partial charge in [-0.1, -0.05) is 0 Å². The Morgan fingerprint density at radius 1 is 1.40 bits per heavy atom. The average molecular weight is 206 g/mol. The summed E-state index contributed by atoms with van der Waals surface area (Å²) < 4.78 is 10.2. The zero-order chi connectivity index (χ0) is 10.5. The molecule has 0 bridgehead atoms. The van der Waals surface area contributed by atoms with E-state index in [-0.39, 0.29) is 5.82 Å². The van der Waals surface area contributed by atoms with Gasteiger partial charge in [-0.3, -0.25) is 0 Å². The largest absolute Gasteiger partial charge is 0.425 e. The lowest BCUT2D eigenvalue weighted by Crippen LogP contribution is -2.13. The van der Waals surface area contributed by atoms with Gasteiger partial charge in [0.2, 0.25) is 5.82 Å². The molecule has 0 amide bonds. The van der Waals surface area contributed by atoms with E-state index in [0.717, 1.165) is 0 Å². The summed E-state index contributed by atoms with van der Waals surface area (Å²) in [6.45, 7) is 1.06. The van der Waals surface area contributed by atoms with Crippen molar-refractivity contribution in [2.45, 2.75) is 6.42 Å². The Kier molecular flexibility index (Phi) is 3.04. The molecule has 1 aliphatic rings. The van der Waals surface area contributed by atoms with Crippen molar-refractivity contribution >= 4 is 5.97 Å². The van der Waals surface area contributed by atoms with Gasteiger partial charge in [0.05, 0.1) is 13.2 Å². The molecule has 0 atom stereocenters. The molecule has 0 aromatic carbocycles. The van der Waals surface area contributed by atoms with E-state index in [1.54, 1.807) is 12.1 Å². The van der Waals surface area contributed by atoms with Crippen LogP contribution in [-0.2, 0) is 9.47 Å². The van der Waals surface area contributed by atoms with Gasteiger partial charge in [-0.25, -0.2) is 14.8 Å². The number of nitrogens with zero attached hydrogens (tertiary/aromatic N) is 2. The lowest BCUT2D eigenvalue weighted by Gasteiger charge is -2.12. The van der Waals surface area contributed by atoms with Crippen molar-refractivity contribution in [3.8, 4) is 0 Å². The highest BCUT2D eigenvalue weighted by Gasteiger charge is 2.14. The Labute approximate surface area is 86.8 Å². The quantitative estimate of drug-likeness (QED) is 0.674. The standard InChI is InChI=1S/C10H10N2O3/c13-10(9-11-4-1-5-12-9)15-8-2-6-14-7-3-8/h1-2,4-5H,3,6-7H2. The van der Waals surface area contributed by atoms with Gasteiger partial charge in [0.1, 0.15) is 5.76 Å². The van der Waals surface area contributed by atoms with Gasteiger partial charge < -0.3 is 9.47 Å². The topological polar surface area (TPSA) is 61.3 Å². The van der Waals surface area contributed by atoms with Crippen molar-refractivity contribution < 1.29 is 14.3 Å². The van der Waals surface area contributed by atoms with E-state index in [1.807, 2.05) is 0 Å². The second-order valence-electron chi connectivity index (χ2n) is 2.96. The number of esters is 1. The van der Waals surface area contributed by atoms with Crippen molar-refractivity contribution in [2.24, 2.45) is 0 Å². The summed E-state index contributed by atoms with van der Waals surface area (Å²) in [7, 11) is 0. The minimum Gasteiger partial charge on any atom is -0.425 e. The molecule has 0 N–H and O–H groups in total. The third-order valence-corrected chi connectivity index (χ3v) is 1.89. The molecular formula is C10H10N2O3. The van der Waals surface area contributed by atoms with E-state index in [9.17, 15) is 4.79 Å². The SMILES string of the molecule is O=C(OC1=CCOCC1)c1ncccn1. The number of carbonyl (C=O) groups excluding carboxylic acids is 1. The van der Waals surface area contributed by atoms with Gasteiger partial charge in [-0.15, -0.1) is 0 Å². The van der Waals surface area contributed by atoms with Gasteiger partial charge in [0.25, 0.3) is 0 Å². The number of carbonyl (C=O) groups is 1. The van der Waals surface area contributed by atoms with Crippen molar-refractivity contribution in [2.75, 3.05) is 13.2 Å². The van der Waals surface area contributed by atoms with Crippen molar-refractivity contribution in [3.63, 3.8) is 0 Å². The highest BCUT2D eigenvalue weighted by molar-refractivity contribution is 5.85. The Balaban J connectivity index is 2.01. The monoisotopic (exact) mass is 206 g/mol. The van der Waals surface area contributed by atoms with Crippen LogP contribution >= 0.6 is 0 Å². The summed E-state index contributed by atoms with van der Waals surface area (Å²) in [5.74, 6) is 0.173. The first kappa shape index (κ1) is 9.79. The summed E-state index contributed by atoms with van der Waals surface area (Å²) in [5, 5.41) is 0. The predicted molar refractivity (Wildman–Crippen MR) is 51.0 cm³/mol. The normalized spacial score (nSPS) is 15.6. The molecule has 0 saturated carbocycles. The number of ether oxygens (including phenoxy) is 2. The maximum atomic E-state index is 11.5. The lowest BCUT2D eigenvalue weighted by atomic mass is 10.3. The Bertz CT molecular complexity index is 376. The molecule has 78 valence electrons. The maximum Gasteiger partial charge on any atom is 0.381 e. The maximum absolute atomic E-state index is 11.5. The molecule has 0 fully saturated rings. The van der Waals surface area contributed by atoms with Gasteiger partial charge in [-0.05, 0) is 12.1 Å². The van der Waals surface area contributed by atoms with Crippen LogP contribution in [-0.4, -0.2) is 29.2 Å². The molecule has 1 aromatic rings. The minimum absolute atomic E-state index is 0.0740. The molecule has 1 aliphatic heterocycles. The van der Waals surface area contributed by atoms with Gasteiger partial charge in [-0.2, -0.15) is 0 Å². The zero-order valence-electron chi connectivity index (χ0n) is 8.05. The molecule has 0 saturated heterocycles. The van der Waals surface area contributed by atoms with E-state index >= 15 is 0 Å². The average Bonchev–Trinajstić information content (AvgIpc) is 2.31. The smallest absolute Gasteiger partial charge is 0.381 e. The Hall–Kier alpha value is -1.75. The molecule has 15 heavy (non-hydrogen) atoms. The summed E-state index contributed by atoms with van der Waals surface area (Å²) in [6, 6.07) is 1.64. The second kappa shape index (κ2) is 4.65. The first-order valence-corrected chi connectivity index (χ1v) is 4.62. The zero-order valence-corrected chi connectivity index (χ0v) is 8.05. The molecular weight excluding hydrogens is 196 g/mol.